The third-order valence-corrected chi connectivity index (χ3v) is 9.18. The lowest BCUT2D eigenvalue weighted by Gasteiger charge is -2.43. The molecule has 0 radical (unpaired) electrons. The van der Waals surface area contributed by atoms with Crippen LogP contribution in [0.25, 0.3) is 0 Å². The van der Waals surface area contributed by atoms with Gasteiger partial charge >= 0.3 is 0 Å². The average Bonchev–Trinajstić information content (AvgIpc) is 3.24. The molecule has 2 aromatic rings. The maximum atomic E-state index is 14.1. The number of carbonyl (C=O) groups is 1. The van der Waals surface area contributed by atoms with Crippen LogP contribution in [-0.4, -0.2) is 77.5 Å². The summed E-state index contributed by atoms with van der Waals surface area (Å²) in [6.45, 7) is 1.80. The Kier molecular flexibility index (Phi) is 6.51. The van der Waals surface area contributed by atoms with Crippen LogP contribution >= 0.6 is 0 Å². The number of aliphatic hydroxyl groups is 1. The molecule has 2 saturated heterocycles. The van der Waals surface area contributed by atoms with Crippen molar-refractivity contribution in [2.45, 2.75) is 54.8 Å². The largest absolute Gasteiger partial charge is 0.492 e. The maximum Gasteiger partial charge on any atom is 0.247 e. The highest BCUT2D eigenvalue weighted by molar-refractivity contribution is 7.89. The van der Waals surface area contributed by atoms with E-state index in [1.54, 1.807) is 30.5 Å². The Labute approximate surface area is 204 Å². The molecule has 0 saturated carbocycles. The van der Waals surface area contributed by atoms with Crippen LogP contribution in [0.4, 0.5) is 4.39 Å². The van der Waals surface area contributed by atoms with E-state index in [9.17, 15) is 22.7 Å². The maximum absolute atomic E-state index is 14.1. The van der Waals surface area contributed by atoms with Crippen molar-refractivity contribution in [3.05, 3.63) is 54.1 Å². The molecule has 9 nitrogen and oxygen atoms in total. The number of aromatic nitrogens is 1. The van der Waals surface area contributed by atoms with Crippen molar-refractivity contribution in [2.24, 2.45) is 0 Å². The van der Waals surface area contributed by atoms with E-state index in [4.69, 9.17) is 4.74 Å². The second-order valence-corrected chi connectivity index (χ2v) is 11.4. The molecule has 0 unspecified atom stereocenters. The summed E-state index contributed by atoms with van der Waals surface area (Å²) in [7, 11) is -4.05. The highest BCUT2D eigenvalue weighted by Gasteiger charge is 2.47. The van der Waals surface area contributed by atoms with Crippen molar-refractivity contribution in [3.8, 4) is 5.75 Å². The SMILES string of the molecule is O=C1NC2(CCOc3ccccc3S(=O)(=O)N3C[C@H](O)C[C@@H]13)CCN(Cc1ccncc1F)CC2. The summed E-state index contributed by atoms with van der Waals surface area (Å²) < 4.78 is 48.0. The Morgan fingerprint density at radius 2 is 1.97 bits per heavy atom. The van der Waals surface area contributed by atoms with Gasteiger partial charge in [-0.15, -0.1) is 0 Å². The number of piperidine rings is 1. The number of amides is 1. The van der Waals surface area contributed by atoms with Crippen LogP contribution in [-0.2, 0) is 21.4 Å². The monoisotopic (exact) mass is 504 g/mol. The van der Waals surface area contributed by atoms with Crippen LogP contribution in [0.3, 0.4) is 0 Å². The number of halogens is 1. The van der Waals surface area contributed by atoms with Crippen molar-refractivity contribution in [2.75, 3.05) is 26.2 Å². The molecule has 3 aliphatic rings. The van der Waals surface area contributed by atoms with Crippen molar-refractivity contribution in [1.29, 1.82) is 0 Å². The number of hydrogen-bond donors (Lipinski definition) is 2. The van der Waals surface area contributed by atoms with E-state index in [2.05, 4.69) is 15.2 Å². The number of likely N-dealkylation sites (tertiary alicyclic amines) is 1. The Hall–Kier alpha value is -2.60. The topological polar surface area (TPSA) is 112 Å². The standard InChI is InChI=1S/C24H29FN4O5S/c25-19-14-26-9-5-17(19)15-28-10-6-24(7-11-28)8-12-34-21-3-1-2-4-22(21)35(32,33)29-16-18(30)13-20(29)23(31)27-24/h1-5,9,14,18,20,30H,6-8,10-13,15-16H2,(H,27,31)/t18-,20+/m1/s1. The minimum atomic E-state index is -4.05. The normalized spacial score (nSPS) is 26.7. The molecule has 2 N–H and O–H groups in total. The zero-order valence-corrected chi connectivity index (χ0v) is 20.1. The van der Waals surface area contributed by atoms with Crippen LogP contribution in [0.1, 0.15) is 31.2 Å². The summed E-state index contributed by atoms with van der Waals surface area (Å²) in [4.78, 5) is 19.3. The van der Waals surface area contributed by atoms with E-state index in [1.807, 2.05) is 0 Å². The molecule has 188 valence electrons. The van der Waals surface area contributed by atoms with Gasteiger partial charge in [-0.05, 0) is 31.0 Å². The fourth-order valence-corrected chi connectivity index (χ4v) is 7.02. The van der Waals surface area contributed by atoms with Gasteiger partial charge in [-0.1, -0.05) is 12.1 Å². The Morgan fingerprint density at radius 1 is 1.20 bits per heavy atom. The first-order valence-corrected chi connectivity index (χ1v) is 13.3. The average molecular weight is 505 g/mol. The molecule has 0 bridgehead atoms. The summed E-state index contributed by atoms with van der Waals surface area (Å²) >= 11 is 0. The second kappa shape index (κ2) is 9.45. The van der Waals surface area contributed by atoms with Gasteiger partial charge in [-0.25, -0.2) is 12.8 Å². The number of fused-ring (bicyclic) bond motifs is 2. The summed E-state index contributed by atoms with van der Waals surface area (Å²) in [6.07, 6.45) is 3.61. The van der Waals surface area contributed by atoms with Crippen molar-refractivity contribution < 1.29 is 27.4 Å². The number of pyridine rings is 1. The fraction of sp³-hybridized carbons (Fsp3) is 0.500. The molecule has 2 fully saturated rings. The van der Waals surface area contributed by atoms with Crippen molar-refractivity contribution >= 4 is 15.9 Å². The summed E-state index contributed by atoms with van der Waals surface area (Å²) in [5.74, 6) is -0.509. The minimum absolute atomic E-state index is 0.00273. The van der Waals surface area contributed by atoms with Gasteiger partial charge in [0.05, 0.1) is 18.9 Å². The molecule has 35 heavy (non-hydrogen) atoms. The number of carbonyl (C=O) groups excluding carboxylic acids is 1. The van der Waals surface area contributed by atoms with Crippen LogP contribution < -0.4 is 10.1 Å². The van der Waals surface area contributed by atoms with Gasteiger partial charge in [-0.2, -0.15) is 4.31 Å². The van der Waals surface area contributed by atoms with E-state index >= 15 is 0 Å². The third-order valence-electron chi connectivity index (χ3n) is 7.26. The molecule has 2 atom stereocenters. The quantitative estimate of drug-likeness (QED) is 0.634. The Morgan fingerprint density at radius 3 is 2.74 bits per heavy atom. The lowest BCUT2D eigenvalue weighted by atomic mass is 9.84. The van der Waals surface area contributed by atoms with E-state index in [1.165, 1.54) is 12.3 Å². The van der Waals surface area contributed by atoms with Crippen LogP contribution in [0.15, 0.2) is 47.6 Å². The number of ether oxygens (including phenoxy) is 1. The molecule has 1 aromatic heterocycles. The lowest BCUT2D eigenvalue weighted by Crippen LogP contribution is -2.59. The van der Waals surface area contributed by atoms with Crippen LogP contribution in [0.2, 0.25) is 0 Å². The van der Waals surface area contributed by atoms with Gasteiger partial charge in [-0.3, -0.25) is 14.7 Å². The van der Waals surface area contributed by atoms with Gasteiger partial charge in [0.1, 0.15) is 22.5 Å². The van der Waals surface area contributed by atoms with Gasteiger partial charge in [0.15, 0.2) is 0 Å². The number of rotatable bonds is 2. The molecule has 1 amide bonds. The molecule has 11 heteroatoms. The van der Waals surface area contributed by atoms with Gasteiger partial charge in [0.25, 0.3) is 0 Å². The van der Waals surface area contributed by atoms with Gasteiger partial charge in [0.2, 0.25) is 15.9 Å². The Balaban J connectivity index is 1.39. The van der Waals surface area contributed by atoms with E-state index in [0.29, 0.717) is 44.5 Å². The number of para-hydroxylation sites is 1. The van der Waals surface area contributed by atoms with Crippen LogP contribution in [0, 0.1) is 5.82 Å². The first-order valence-electron chi connectivity index (χ1n) is 11.8. The van der Waals surface area contributed by atoms with E-state index < -0.39 is 33.6 Å². The molecule has 3 aliphatic heterocycles. The fourth-order valence-electron chi connectivity index (χ4n) is 5.25. The first-order chi connectivity index (χ1) is 16.8. The highest BCUT2D eigenvalue weighted by atomic mass is 32.2. The number of benzene rings is 1. The number of sulfonamides is 1. The van der Waals surface area contributed by atoms with Gasteiger partial charge < -0.3 is 15.2 Å². The molecule has 1 aromatic carbocycles. The second-order valence-electron chi connectivity index (χ2n) is 9.54. The van der Waals surface area contributed by atoms with Crippen molar-refractivity contribution in [1.82, 2.24) is 19.5 Å². The van der Waals surface area contributed by atoms with E-state index in [-0.39, 0.29) is 36.0 Å². The minimum Gasteiger partial charge on any atom is -0.492 e. The summed E-state index contributed by atoms with van der Waals surface area (Å²) in [5, 5.41) is 13.4. The number of nitrogens with zero attached hydrogens (tertiary/aromatic N) is 3. The number of nitrogens with one attached hydrogen (secondary N) is 1. The summed E-state index contributed by atoms with van der Waals surface area (Å²) in [5.41, 5.74) is -0.0183. The predicted octanol–water partition coefficient (Wildman–Crippen LogP) is 1.28. The van der Waals surface area contributed by atoms with E-state index in [0.717, 1.165) is 4.31 Å². The molecular weight excluding hydrogens is 475 g/mol. The molecule has 5 rings (SSSR count). The zero-order valence-electron chi connectivity index (χ0n) is 19.3. The van der Waals surface area contributed by atoms with Gasteiger partial charge in [0, 0.05) is 56.3 Å². The molecular formula is C24H29FN4O5S. The third kappa shape index (κ3) is 4.77. The molecule has 1 spiro atoms. The molecule has 4 heterocycles. The first kappa shape index (κ1) is 24.1. The zero-order chi connectivity index (χ0) is 24.6. The summed E-state index contributed by atoms with van der Waals surface area (Å²) in [6, 6.07) is 7.07. The van der Waals surface area contributed by atoms with Crippen LogP contribution in [0.5, 0.6) is 5.75 Å². The number of hydrogen-bond acceptors (Lipinski definition) is 7. The lowest BCUT2D eigenvalue weighted by molar-refractivity contribution is -0.127. The smallest absolute Gasteiger partial charge is 0.247 e. The highest BCUT2D eigenvalue weighted by Crippen LogP contribution is 2.35. The van der Waals surface area contributed by atoms with Crippen molar-refractivity contribution in [3.63, 3.8) is 0 Å². The number of aliphatic hydroxyl groups excluding tert-OH is 1. The Bertz CT molecular complexity index is 1200. The predicted molar refractivity (Wildman–Crippen MR) is 124 cm³/mol. The molecule has 0 aliphatic carbocycles.